The summed E-state index contributed by atoms with van der Waals surface area (Å²) in [7, 11) is 17.0. The van der Waals surface area contributed by atoms with Crippen molar-refractivity contribution in [3.63, 3.8) is 0 Å². The molecule has 0 amide bonds. The van der Waals surface area contributed by atoms with Crippen LogP contribution in [0.1, 0.15) is 96.5 Å². The molecule has 0 aromatic heterocycles. The fourth-order valence-electron chi connectivity index (χ4n) is 8.33. The fourth-order valence-corrected chi connectivity index (χ4v) is 27.0. The normalized spacial score (nSPS) is 18.2. The van der Waals surface area contributed by atoms with Crippen LogP contribution in [-0.4, -0.2) is 0 Å². The molecule has 0 N–H and O–H groups in total. The van der Waals surface area contributed by atoms with Crippen LogP contribution in [0.3, 0.4) is 0 Å². The van der Waals surface area contributed by atoms with Crippen molar-refractivity contribution in [1.29, 1.82) is 0 Å². The van der Waals surface area contributed by atoms with Crippen LogP contribution in [-0.2, 0) is 16.4 Å². The third-order valence-corrected chi connectivity index (χ3v) is 32.0. The molecular formula is C42H47Cl2Zr. The Bertz CT molecular complexity index is 1790. The van der Waals surface area contributed by atoms with Crippen LogP contribution >= 0.6 is 17.0 Å². The maximum absolute atomic E-state index is 8.52. The van der Waals surface area contributed by atoms with Gasteiger partial charge in [0.1, 0.15) is 0 Å². The van der Waals surface area contributed by atoms with Crippen molar-refractivity contribution in [2.24, 2.45) is 0 Å². The number of aryl methyl sites for hydroxylation is 6. The molecule has 0 saturated heterocycles. The van der Waals surface area contributed by atoms with Crippen LogP contribution in [0.15, 0.2) is 71.8 Å². The van der Waals surface area contributed by atoms with Crippen molar-refractivity contribution in [3.05, 3.63) is 127 Å². The second-order valence-corrected chi connectivity index (χ2v) is 36.7. The molecule has 0 bridgehead atoms. The predicted octanol–water partition coefficient (Wildman–Crippen LogP) is 13.7. The molecule has 0 spiro atoms. The minimum absolute atomic E-state index is 0.0712. The third-order valence-electron chi connectivity index (χ3n) is 11.3. The van der Waals surface area contributed by atoms with Gasteiger partial charge in [0.2, 0.25) is 0 Å². The molecule has 2 unspecified atom stereocenters. The summed E-state index contributed by atoms with van der Waals surface area (Å²) >= 11 is -4.84. The summed E-state index contributed by atoms with van der Waals surface area (Å²) < 4.78 is 0.970. The van der Waals surface area contributed by atoms with Gasteiger partial charge < -0.3 is 0 Å². The van der Waals surface area contributed by atoms with E-state index < -0.39 is 16.4 Å². The summed E-state index contributed by atoms with van der Waals surface area (Å²) in [5.74, 6) is 0. The molecule has 45 heavy (non-hydrogen) atoms. The molecule has 6 rings (SSSR count). The van der Waals surface area contributed by atoms with E-state index in [1.807, 2.05) is 0 Å². The molecule has 4 aromatic rings. The standard InChI is InChI=1S/2C20H21.C2H5.2ClH.Zr/c2*1-5-16-11-19-14(3)7-9-18(20(19)12-16)17-8-6-13(2)15(4)10-17;1-2;;;/h2*6-12H,5H2,1-4H3;1H2,2H3;2*1H;/q;;;;;+2/p-2. The Kier molecular flexibility index (Phi) is 8.60. The van der Waals surface area contributed by atoms with Gasteiger partial charge >= 0.3 is 282 Å². The number of fused-ring (bicyclic) bond motifs is 2. The zero-order chi connectivity index (χ0) is 32.4. The van der Waals surface area contributed by atoms with Gasteiger partial charge in [-0.25, -0.2) is 0 Å². The van der Waals surface area contributed by atoms with E-state index in [9.17, 15) is 0 Å². The van der Waals surface area contributed by atoms with Crippen LogP contribution in [0, 0.1) is 41.5 Å². The first-order valence-electron chi connectivity index (χ1n) is 16.7. The van der Waals surface area contributed by atoms with Crippen molar-refractivity contribution in [2.75, 3.05) is 0 Å². The first kappa shape index (κ1) is 32.8. The van der Waals surface area contributed by atoms with Crippen molar-refractivity contribution < 1.29 is 16.4 Å². The molecule has 0 nitrogen and oxygen atoms in total. The number of hydrogen-bond acceptors (Lipinski definition) is 0. The van der Waals surface area contributed by atoms with Gasteiger partial charge in [-0.05, 0) is 0 Å². The Hall–Kier alpha value is -2.18. The Balaban J connectivity index is 1.60. The van der Waals surface area contributed by atoms with E-state index in [0.29, 0.717) is 0 Å². The number of benzene rings is 4. The predicted molar refractivity (Wildman–Crippen MR) is 196 cm³/mol. The summed E-state index contributed by atoms with van der Waals surface area (Å²) in [5.41, 5.74) is 21.3. The van der Waals surface area contributed by atoms with Crippen LogP contribution < -0.4 is 0 Å². The van der Waals surface area contributed by atoms with Crippen molar-refractivity contribution >= 4 is 29.2 Å². The van der Waals surface area contributed by atoms with Crippen LogP contribution in [0.5, 0.6) is 0 Å². The van der Waals surface area contributed by atoms with Crippen molar-refractivity contribution in [2.45, 2.75) is 86.5 Å². The number of halogens is 2. The second kappa shape index (κ2) is 11.8. The van der Waals surface area contributed by atoms with Gasteiger partial charge in [0.25, 0.3) is 0 Å². The molecule has 0 radical (unpaired) electrons. The molecule has 3 heteroatoms. The summed E-state index contributed by atoms with van der Waals surface area (Å²) in [6.07, 6.45) is 6.82. The first-order chi connectivity index (χ1) is 21.3. The van der Waals surface area contributed by atoms with Crippen molar-refractivity contribution in [1.82, 2.24) is 0 Å². The fraction of sp³-hybridized carbons (Fsp3) is 0.333. The summed E-state index contributed by atoms with van der Waals surface area (Å²) in [5, 5.41) is 0. The molecule has 0 fully saturated rings. The van der Waals surface area contributed by atoms with Gasteiger partial charge in [-0.3, -0.25) is 0 Å². The zero-order valence-corrected chi connectivity index (χ0v) is 32.4. The van der Waals surface area contributed by atoms with E-state index >= 15 is 0 Å². The van der Waals surface area contributed by atoms with Gasteiger partial charge in [0.05, 0.1) is 0 Å². The average molecular weight is 714 g/mol. The third kappa shape index (κ3) is 5.12. The summed E-state index contributed by atoms with van der Waals surface area (Å²) in [4.78, 5) is 0. The second-order valence-electron chi connectivity index (χ2n) is 13.8. The Morgan fingerprint density at radius 2 is 0.889 bits per heavy atom. The zero-order valence-electron chi connectivity index (χ0n) is 28.5. The molecule has 2 atom stereocenters. The quantitative estimate of drug-likeness (QED) is 0.179. The van der Waals surface area contributed by atoms with Gasteiger partial charge in [-0.2, -0.15) is 0 Å². The van der Waals surface area contributed by atoms with Gasteiger partial charge in [-0.15, -0.1) is 0 Å². The Morgan fingerprint density at radius 3 is 1.22 bits per heavy atom. The van der Waals surface area contributed by atoms with E-state index in [4.69, 9.17) is 17.0 Å². The molecule has 4 aromatic carbocycles. The molecular weight excluding hydrogens is 667 g/mol. The van der Waals surface area contributed by atoms with Gasteiger partial charge in [0.15, 0.2) is 0 Å². The molecule has 233 valence electrons. The summed E-state index contributed by atoms with van der Waals surface area (Å²) in [6, 6.07) is 23.0. The minimum atomic E-state index is -4.84. The Morgan fingerprint density at radius 1 is 0.511 bits per heavy atom. The van der Waals surface area contributed by atoms with Crippen LogP contribution in [0.25, 0.3) is 34.4 Å². The molecule has 2 aliphatic carbocycles. The monoisotopic (exact) mass is 711 g/mol. The SMILES string of the molecule is CCC1=Cc2c(-c3ccc(C)c(C)c3)ccc(C)c2[CH]1[Zr]([Cl])([Cl])([CH2]C)[CH]1C(CC)=Cc2c(-c3ccc(C)c(C)c3)ccc(C)c21. The molecule has 0 heterocycles. The van der Waals surface area contributed by atoms with Gasteiger partial charge in [0, 0.05) is 0 Å². The molecule has 0 aliphatic heterocycles. The summed E-state index contributed by atoms with van der Waals surface area (Å²) in [6.45, 7) is 20.2. The van der Waals surface area contributed by atoms with E-state index in [0.717, 1.165) is 17.0 Å². The van der Waals surface area contributed by atoms with E-state index in [2.05, 4.69) is 135 Å². The number of hydrogen-bond donors (Lipinski definition) is 0. The van der Waals surface area contributed by atoms with E-state index in [-0.39, 0.29) is 7.25 Å². The molecule has 2 aliphatic rings. The van der Waals surface area contributed by atoms with Crippen molar-refractivity contribution in [3.8, 4) is 22.3 Å². The number of rotatable bonds is 7. The van der Waals surface area contributed by atoms with E-state index in [1.54, 1.807) is 0 Å². The Labute approximate surface area is 279 Å². The number of allylic oxidation sites excluding steroid dienone is 2. The van der Waals surface area contributed by atoms with Crippen LogP contribution in [0.2, 0.25) is 4.13 Å². The first-order valence-corrected chi connectivity index (χ1v) is 27.7. The van der Waals surface area contributed by atoms with E-state index in [1.165, 1.54) is 89.0 Å². The molecule has 0 saturated carbocycles. The average Bonchev–Trinajstić information content (AvgIpc) is 3.63. The topological polar surface area (TPSA) is 0 Å². The van der Waals surface area contributed by atoms with Gasteiger partial charge in [-0.1, -0.05) is 0 Å². The van der Waals surface area contributed by atoms with Crippen LogP contribution in [0.4, 0.5) is 0 Å². The maximum atomic E-state index is 8.52.